The average Bonchev–Trinajstić information content (AvgIpc) is 3.38. The molecule has 0 saturated heterocycles. The Morgan fingerprint density at radius 1 is 1.16 bits per heavy atom. The molecule has 3 aromatic heterocycles. The fourth-order valence-electron chi connectivity index (χ4n) is 3.10. The Morgan fingerprint density at radius 2 is 1.94 bits per heavy atom. The molecule has 0 fully saturated rings. The molecule has 0 unspecified atom stereocenters. The first-order valence-corrected chi connectivity index (χ1v) is 11.3. The summed E-state index contributed by atoms with van der Waals surface area (Å²) in [6, 6.07) is 6.27. The lowest BCUT2D eigenvalue weighted by molar-refractivity contribution is 0.594. The van der Waals surface area contributed by atoms with Gasteiger partial charge in [-0.25, -0.2) is 14.2 Å². The van der Waals surface area contributed by atoms with Gasteiger partial charge in [-0.1, -0.05) is 35.2 Å². The number of hydrogen-bond donors (Lipinski definition) is 1. The van der Waals surface area contributed by atoms with Crippen molar-refractivity contribution in [1.29, 1.82) is 0 Å². The number of hydrogen-bond acceptors (Lipinski definition) is 8. The molecule has 0 radical (unpaired) electrons. The molecule has 162 valence electrons. The summed E-state index contributed by atoms with van der Waals surface area (Å²) in [5.74, 6) is 0.421. The molecule has 0 atom stereocenters. The lowest BCUT2D eigenvalue weighted by atomic mass is 10.2. The van der Waals surface area contributed by atoms with E-state index in [9.17, 15) is 14.0 Å². The lowest BCUT2D eigenvalue weighted by Crippen LogP contribution is -2.39. The number of nitrogens with one attached hydrogen (secondary N) is 1. The van der Waals surface area contributed by atoms with E-state index in [-0.39, 0.29) is 17.1 Å². The van der Waals surface area contributed by atoms with E-state index in [1.54, 1.807) is 30.8 Å². The van der Waals surface area contributed by atoms with Gasteiger partial charge in [-0.3, -0.25) is 13.9 Å². The Kier molecular flexibility index (Phi) is 6.18. The van der Waals surface area contributed by atoms with E-state index in [2.05, 4.69) is 20.5 Å². The summed E-state index contributed by atoms with van der Waals surface area (Å²) in [5.41, 5.74) is 1.05. The second kappa shape index (κ2) is 9.02. The first kappa shape index (κ1) is 21.2. The number of aromatic nitrogens is 6. The van der Waals surface area contributed by atoms with E-state index in [1.807, 2.05) is 0 Å². The van der Waals surface area contributed by atoms with Gasteiger partial charge in [0.05, 0.1) is 6.33 Å². The molecule has 1 N–H and O–H groups in total. The van der Waals surface area contributed by atoms with Crippen molar-refractivity contribution in [3.63, 3.8) is 0 Å². The molecular formula is C19H20FN7O2S2. The van der Waals surface area contributed by atoms with Crippen molar-refractivity contribution in [3.8, 4) is 0 Å². The van der Waals surface area contributed by atoms with Crippen LogP contribution >= 0.6 is 23.1 Å². The maximum atomic E-state index is 13.0. The van der Waals surface area contributed by atoms with E-state index >= 15 is 0 Å². The van der Waals surface area contributed by atoms with Gasteiger partial charge in [0.1, 0.15) is 5.82 Å². The summed E-state index contributed by atoms with van der Waals surface area (Å²) in [4.78, 5) is 29.3. The van der Waals surface area contributed by atoms with Crippen LogP contribution in [0.3, 0.4) is 0 Å². The van der Waals surface area contributed by atoms with Crippen molar-refractivity contribution < 1.29 is 4.39 Å². The van der Waals surface area contributed by atoms with Crippen molar-refractivity contribution in [2.75, 3.05) is 11.1 Å². The highest BCUT2D eigenvalue weighted by Gasteiger charge is 2.14. The number of anilines is 1. The predicted octanol–water partition coefficient (Wildman–Crippen LogP) is 2.22. The topological polar surface area (TPSA) is 99.6 Å². The maximum Gasteiger partial charge on any atom is 0.332 e. The van der Waals surface area contributed by atoms with Crippen molar-refractivity contribution in [2.24, 2.45) is 14.1 Å². The molecule has 3 heterocycles. The van der Waals surface area contributed by atoms with Gasteiger partial charge < -0.3 is 9.88 Å². The molecule has 12 heteroatoms. The van der Waals surface area contributed by atoms with Crippen molar-refractivity contribution in [2.45, 2.75) is 23.8 Å². The third kappa shape index (κ3) is 4.54. The number of aryl methyl sites for hydroxylation is 2. The van der Waals surface area contributed by atoms with Crippen LogP contribution in [0.4, 0.5) is 9.52 Å². The summed E-state index contributed by atoms with van der Waals surface area (Å²) in [7, 11) is 3.35. The van der Waals surface area contributed by atoms with Crippen LogP contribution in [0.2, 0.25) is 0 Å². The van der Waals surface area contributed by atoms with E-state index < -0.39 is 0 Å². The fraction of sp³-hybridized carbons (Fsp3) is 0.316. The molecule has 4 aromatic rings. The highest BCUT2D eigenvalue weighted by atomic mass is 32.2. The second-order valence-corrected chi connectivity index (χ2v) is 9.20. The van der Waals surface area contributed by atoms with E-state index in [1.165, 1.54) is 50.7 Å². The van der Waals surface area contributed by atoms with Gasteiger partial charge in [0.15, 0.2) is 15.5 Å². The van der Waals surface area contributed by atoms with Crippen molar-refractivity contribution in [3.05, 3.63) is 62.8 Å². The summed E-state index contributed by atoms with van der Waals surface area (Å²) in [5, 5.41) is 12.1. The molecule has 0 aliphatic carbocycles. The molecule has 0 saturated carbocycles. The zero-order valence-electron chi connectivity index (χ0n) is 16.9. The number of rotatable bonds is 8. The number of benzene rings is 1. The van der Waals surface area contributed by atoms with Gasteiger partial charge in [-0.2, -0.15) is 0 Å². The van der Waals surface area contributed by atoms with Gasteiger partial charge in [0, 0.05) is 32.9 Å². The molecule has 9 nitrogen and oxygen atoms in total. The number of halogens is 1. The van der Waals surface area contributed by atoms with Crippen LogP contribution in [-0.2, 0) is 27.2 Å². The zero-order valence-corrected chi connectivity index (χ0v) is 18.5. The van der Waals surface area contributed by atoms with Gasteiger partial charge in [-0.05, 0) is 24.1 Å². The minimum absolute atomic E-state index is 0.265. The minimum atomic E-state index is -0.371. The summed E-state index contributed by atoms with van der Waals surface area (Å²) < 4.78 is 18.0. The lowest BCUT2D eigenvalue weighted by Gasteiger charge is -2.08. The zero-order chi connectivity index (χ0) is 22.0. The molecule has 0 amide bonds. The van der Waals surface area contributed by atoms with Gasteiger partial charge in [0.25, 0.3) is 5.56 Å². The van der Waals surface area contributed by atoms with Crippen LogP contribution in [0.1, 0.15) is 12.0 Å². The third-order valence-corrected chi connectivity index (χ3v) is 6.82. The quantitative estimate of drug-likeness (QED) is 0.317. The van der Waals surface area contributed by atoms with Crippen LogP contribution in [0.25, 0.3) is 11.2 Å². The van der Waals surface area contributed by atoms with Crippen LogP contribution in [0.15, 0.2) is 44.5 Å². The highest BCUT2D eigenvalue weighted by Crippen LogP contribution is 2.26. The Labute approximate surface area is 184 Å². The van der Waals surface area contributed by atoms with Crippen LogP contribution < -0.4 is 16.6 Å². The second-order valence-electron chi connectivity index (χ2n) is 6.88. The molecule has 0 aliphatic rings. The normalized spacial score (nSPS) is 11.3. The summed E-state index contributed by atoms with van der Waals surface area (Å²) >= 11 is 2.95. The number of nitrogens with zero attached hydrogens (tertiary/aromatic N) is 6. The van der Waals surface area contributed by atoms with E-state index in [0.717, 1.165) is 9.90 Å². The Bertz CT molecular complexity index is 1320. The first-order valence-electron chi connectivity index (χ1n) is 9.49. The molecular weight excluding hydrogens is 441 g/mol. The van der Waals surface area contributed by atoms with Crippen molar-refractivity contribution in [1.82, 2.24) is 28.9 Å². The van der Waals surface area contributed by atoms with Gasteiger partial charge >= 0.3 is 5.69 Å². The Hall–Kier alpha value is -2.99. The summed E-state index contributed by atoms with van der Waals surface area (Å²) in [6.45, 7) is 0.844. The minimum Gasteiger partial charge on any atom is -0.356 e. The summed E-state index contributed by atoms with van der Waals surface area (Å²) in [6.07, 6.45) is 2.16. The van der Waals surface area contributed by atoms with E-state index in [4.69, 9.17) is 0 Å². The van der Waals surface area contributed by atoms with Crippen LogP contribution in [0, 0.1) is 5.82 Å². The SMILES string of the molecule is Cn1cnc2c1c(=O)n(CCCSc1nnc(NCc3ccc(F)cc3)s1)c(=O)n2C. The van der Waals surface area contributed by atoms with Gasteiger partial charge in [-0.15, -0.1) is 10.2 Å². The van der Waals surface area contributed by atoms with E-state index in [0.29, 0.717) is 41.6 Å². The fourth-order valence-corrected chi connectivity index (χ4v) is 4.84. The smallest absolute Gasteiger partial charge is 0.332 e. The predicted molar refractivity (Wildman–Crippen MR) is 119 cm³/mol. The molecule has 4 rings (SSSR count). The average molecular weight is 462 g/mol. The molecule has 1 aromatic carbocycles. The molecule has 31 heavy (non-hydrogen) atoms. The standard InChI is InChI=1S/C19H20FN7O2S2/c1-25-11-22-15-14(25)16(28)27(19(29)26(15)2)8-3-9-30-18-24-23-17(31-18)21-10-12-4-6-13(20)7-5-12/h4-7,11H,3,8-10H2,1-2H3,(H,21,23). The molecule has 0 bridgehead atoms. The Morgan fingerprint density at radius 3 is 2.71 bits per heavy atom. The van der Waals surface area contributed by atoms with Crippen molar-refractivity contribution >= 4 is 39.4 Å². The largest absolute Gasteiger partial charge is 0.356 e. The third-order valence-electron chi connectivity index (χ3n) is 4.72. The maximum absolute atomic E-state index is 13.0. The Balaban J connectivity index is 1.32. The number of imidazole rings is 1. The monoisotopic (exact) mass is 461 g/mol. The number of fused-ring (bicyclic) bond motifs is 1. The van der Waals surface area contributed by atoms with Crippen LogP contribution in [-0.4, -0.2) is 34.6 Å². The highest BCUT2D eigenvalue weighted by molar-refractivity contribution is 8.01. The first-order chi connectivity index (χ1) is 14.9. The molecule has 0 aliphatic heterocycles. The van der Waals surface area contributed by atoms with Crippen LogP contribution in [0.5, 0.6) is 0 Å². The van der Waals surface area contributed by atoms with Gasteiger partial charge in [0.2, 0.25) is 5.13 Å². The molecule has 0 spiro atoms. The number of thioether (sulfide) groups is 1.